The summed E-state index contributed by atoms with van der Waals surface area (Å²) in [5.74, 6) is 0.0720. The van der Waals surface area contributed by atoms with Gasteiger partial charge in [-0.2, -0.15) is 0 Å². The molecule has 0 atom stereocenters. The number of hydrogen-bond acceptors (Lipinski definition) is 4. The summed E-state index contributed by atoms with van der Waals surface area (Å²) in [4.78, 5) is 0. The zero-order valence-electron chi connectivity index (χ0n) is 9.55. The average molecular weight is 243 g/mol. The zero-order valence-corrected chi connectivity index (χ0v) is 10.4. The molecule has 0 heterocycles. The van der Waals surface area contributed by atoms with Gasteiger partial charge in [0.05, 0.1) is 18.0 Å². The first-order valence-electron chi connectivity index (χ1n) is 5.18. The monoisotopic (exact) mass is 243 g/mol. The van der Waals surface area contributed by atoms with Crippen LogP contribution in [-0.4, -0.2) is 31.7 Å². The van der Waals surface area contributed by atoms with E-state index in [9.17, 15) is 13.6 Å². The molecule has 1 aromatic rings. The van der Waals surface area contributed by atoms with Gasteiger partial charge in [-0.25, -0.2) is 8.42 Å². The van der Waals surface area contributed by atoms with Crippen molar-refractivity contribution in [1.29, 1.82) is 0 Å². The van der Waals surface area contributed by atoms with Crippen LogP contribution >= 0.6 is 0 Å². The highest BCUT2D eigenvalue weighted by molar-refractivity contribution is 7.91. The Morgan fingerprint density at radius 1 is 1.38 bits per heavy atom. The molecule has 1 N–H and O–H groups in total. The van der Waals surface area contributed by atoms with Gasteiger partial charge in [0.1, 0.15) is 0 Å². The van der Waals surface area contributed by atoms with Crippen LogP contribution in [0.1, 0.15) is 12.5 Å². The van der Waals surface area contributed by atoms with Crippen LogP contribution < -0.4 is 5.06 Å². The van der Waals surface area contributed by atoms with Gasteiger partial charge in [0.2, 0.25) is 0 Å². The van der Waals surface area contributed by atoms with Crippen LogP contribution in [0.3, 0.4) is 0 Å². The van der Waals surface area contributed by atoms with Crippen LogP contribution in [0.5, 0.6) is 0 Å². The van der Waals surface area contributed by atoms with E-state index in [4.69, 9.17) is 0 Å². The molecule has 0 aliphatic heterocycles. The largest absolute Gasteiger partial charge is 0.288 e. The lowest BCUT2D eigenvalue weighted by molar-refractivity contribution is 0.260. The Morgan fingerprint density at radius 2 is 2.06 bits per heavy atom. The highest BCUT2D eigenvalue weighted by Crippen LogP contribution is 2.13. The summed E-state index contributed by atoms with van der Waals surface area (Å²) < 4.78 is 22.5. The second-order valence-corrected chi connectivity index (χ2v) is 6.17. The number of hydroxylamine groups is 1. The third kappa shape index (κ3) is 3.83. The molecule has 16 heavy (non-hydrogen) atoms. The zero-order chi connectivity index (χ0) is 12.2. The normalized spacial score (nSPS) is 11.4. The summed E-state index contributed by atoms with van der Waals surface area (Å²) in [7, 11) is -3.03. The van der Waals surface area contributed by atoms with Gasteiger partial charge in [-0.3, -0.25) is 10.3 Å². The molecule has 0 saturated heterocycles. The van der Waals surface area contributed by atoms with Crippen LogP contribution in [0.25, 0.3) is 0 Å². The fourth-order valence-corrected chi connectivity index (χ4v) is 2.03. The van der Waals surface area contributed by atoms with E-state index >= 15 is 0 Å². The van der Waals surface area contributed by atoms with E-state index in [2.05, 4.69) is 0 Å². The molecule has 0 fully saturated rings. The number of rotatable bonds is 5. The van der Waals surface area contributed by atoms with Gasteiger partial charge in [0, 0.05) is 5.75 Å². The molecule has 1 aromatic carbocycles. The molecular weight excluding hydrogens is 226 g/mol. The lowest BCUT2D eigenvalue weighted by Crippen LogP contribution is -2.26. The maximum Gasteiger partial charge on any atom is 0.151 e. The molecule has 4 nitrogen and oxygen atoms in total. The molecule has 0 aromatic heterocycles. The molecular formula is C11H17NO3S. The molecule has 0 aliphatic rings. The minimum Gasteiger partial charge on any atom is -0.288 e. The maximum absolute atomic E-state index is 11.3. The maximum atomic E-state index is 11.3. The summed E-state index contributed by atoms with van der Waals surface area (Å²) in [6, 6.07) is 7.28. The number of sulfone groups is 1. The van der Waals surface area contributed by atoms with Crippen molar-refractivity contribution in [1.82, 2.24) is 0 Å². The van der Waals surface area contributed by atoms with Crippen molar-refractivity contribution in [2.45, 2.75) is 13.8 Å². The summed E-state index contributed by atoms with van der Waals surface area (Å²) in [6.07, 6.45) is 0. The van der Waals surface area contributed by atoms with E-state index in [1.807, 2.05) is 19.1 Å². The standard InChI is InChI=1S/C11H17NO3S/c1-3-16(14,15)8-7-12(13)11-6-4-5-10(2)9-11/h4-6,9,13H,3,7-8H2,1-2H3. The van der Waals surface area contributed by atoms with Crippen LogP contribution in [0.4, 0.5) is 5.69 Å². The lowest BCUT2D eigenvalue weighted by atomic mass is 10.2. The van der Waals surface area contributed by atoms with Crippen molar-refractivity contribution in [3.63, 3.8) is 0 Å². The van der Waals surface area contributed by atoms with Crippen molar-refractivity contribution < 1.29 is 13.6 Å². The molecule has 0 radical (unpaired) electrons. The quantitative estimate of drug-likeness (QED) is 0.798. The molecule has 0 spiro atoms. The van der Waals surface area contributed by atoms with Crippen LogP contribution in [-0.2, 0) is 9.84 Å². The summed E-state index contributed by atoms with van der Waals surface area (Å²) in [5, 5.41) is 10.6. The van der Waals surface area contributed by atoms with Gasteiger partial charge < -0.3 is 0 Å². The smallest absolute Gasteiger partial charge is 0.151 e. The first-order chi connectivity index (χ1) is 7.44. The Labute approximate surface area is 96.4 Å². The molecule has 0 aliphatic carbocycles. The van der Waals surface area contributed by atoms with E-state index in [0.29, 0.717) is 5.69 Å². The van der Waals surface area contributed by atoms with Crippen LogP contribution in [0.2, 0.25) is 0 Å². The van der Waals surface area contributed by atoms with E-state index in [1.165, 1.54) is 0 Å². The highest BCUT2D eigenvalue weighted by Gasteiger charge is 2.10. The fraction of sp³-hybridized carbons (Fsp3) is 0.455. The fourth-order valence-electron chi connectivity index (χ4n) is 1.29. The third-order valence-electron chi connectivity index (χ3n) is 2.35. The number of aryl methyl sites for hydroxylation is 1. The van der Waals surface area contributed by atoms with Gasteiger partial charge in [-0.1, -0.05) is 19.1 Å². The first kappa shape index (κ1) is 13.0. The van der Waals surface area contributed by atoms with Gasteiger partial charge >= 0.3 is 0 Å². The van der Waals surface area contributed by atoms with E-state index < -0.39 is 9.84 Å². The Balaban J connectivity index is 2.63. The van der Waals surface area contributed by atoms with Crippen molar-refractivity contribution in [2.24, 2.45) is 0 Å². The molecule has 0 bridgehead atoms. The van der Waals surface area contributed by atoms with Gasteiger partial charge in [0.25, 0.3) is 0 Å². The average Bonchev–Trinajstić information content (AvgIpc) is 2.26. The topological polar surface area (TPSA) is 57.6 Å². The van der Waals surface area contributed by atoms with E-state index in [0.717, 1.165) is 10.6 Å². The number of nitrogens with zero attached hydrogens (tertiary/aromatic N) is 1. The van der Waals surface area contributed by atoms with Crippen LogP contribution in [0.15, 0.2) is 24.3 Å². The van der Waals surface area contributed by atoms with Crippen molar-refractivity contribution in [2.75, 3.05) is 23.1 Å². The Bertz CT molecular complexity index is 442. The van der Waals surface area contributed by atoms with Crippen LogP contribution in [0, 0.1) is 6.92 Å². The second kappa shape index (κ2) is 5.32. The third-order valence-corrected chi connectivity index (χ3v) is 4.04. The Hall–Kier alpha value is -1.07. The minimum absolute atomic E-state index is 0.0338. The molecule has 0 unspecified atom stereocenters. The SMILES string of the molecule is CCS(=O)(=O)CCN(O)c1cccc(C)c1. The molecule has 0 saturated carbocycles. The van der Waals surface area contributed by atoms with E-state index in [1.54, 1.807) is 19.1 Å². The van der Waals surface area contributed by atoms with Gasteiger partial charge in [-0.15, -0.1) is 0 Å². The highest BCUT2D eigenvalue weighted by atomic mass is 32.2. The van der Waals surface area contributed by atoms with Gasteiger partial charge in [0.15, 0.2) is 9.84 Å². The predicted octanol–water partition coefficient (Wildman–Crippen LogP) is 1.63. The molecule has 90 valence electrons. The molecule has 1 rings (SSSR count). The van der Waals surface area contributed by atoms with Crippen molar-refractivity contribution >= 4 is 15.5 Å². The summed E-state index contributed by atoms with van der Waals surface area (Å²) >= 11 is 0. The first-order valence-corrected chi connectivity index (χ1v) is 7.00. The van der Waals surface area contributed by atoms with Crippen molar-refractivity contribution in [3.05, 3.63) is 29.8 Å². The minimum atomic E-state index is -3.03. The second-order valence-electron chi connectivity index (χ2n) is 3.70. The number of anilines is 1. The number of hydrogen-bond donors (Lipinski definition) is 1. The van der Waals surface area contributed by atoms with Crippen molar-refractivity contribution in [3.8, 4) is 0 Å². The molecule has 0 amide bonds. The van der Waals surface area contributed by atoms with Gasteiger partial charge in [-0.05, 0) is 24.6 Å². The summed E-state index contributed by atoms with van der Waals surface area (Å²) in [6.45, 7) is 3.61. The van der Waals surface area contributed by atoms with E-state index in [-0.39, 0.29) is 18.1 Å². The Morgan fingerprint density at radius 3 is 2.62 bits per heavy atom. The predicted molar refractivity (Wildman–Crippen MR) is 64.6 cm³/mol. The Kier molecular flexibility index (Phi) is 4.32. The summed E-state index contributed by atoms with van der Waals surface area (Å²) in [5.41, 5.74) is 1.64. The lowest BCUT2D eigenvalue weighted by Gasteiger charge is -2.17. The number of benzene rings is 1. The molecule has 5 heteroatoms.